The van der Waals surface area contributed by atoms with E-state index in [9.17, 15) is 9.59 Å². The molecule has 2 aromatic carbocycles. The minimum atomic E-state index is -0.535. The maximum Gasteiger partial charge on any atom is 0.254 e. The molecule has 1 amide bonds. The number of benzene rings is 2. The number of nitrogens with one attached hydrogen (secondary N) is 2. The van der Waals surface area contributed by atoms with Crippen molar-refractivity contribution in [3.05, 3.63) is 75.4 Å². The lowest BCUT2D eigenvalue weighted by Crippen LogP contribution is -2.40. The molecule has 8 nitrogen and oxygen atoms in total. The Bertz CT molecular complexity index is 1680. The second-order valence-electron chi connectivity index (χ2n) is 13.7. The van der Waals surface area contributed by atoms with Gasteiger partial charge < -0.3 is 29.9 Å². The Morgan fingerprint density at radius 1 is 1.10 bits per heavy atom. The van der Waals surface area contributed by atoms with Gasteiger partial charge in [0, 0.05) is 92.3 Å². The number of carbonyl (C=O) groups excluding carboxylic acids is 2. The molecule has 2 fully saturated rings. The van der Waals surface area contributed by atoms with Gasteiger partial charge in [-0.3, -0.25) is 4.79 Å². The number of rotatable bonds is 9. The number of carbonyl (C=O) groups is 1. The molecule has 0 unspecified atom stereocenters. The van der Waals surface area contributed by atoms with E-state index in [0.717, 1.165) is 86.6 Å². The molecule has 0 bridgehead atoms. The number of hydrogen-bond acceptors (Lipinski definition) is 7. The fourth-order valence-corrected chi connectivity index (χ4v) is 8.23. The van der Waals surface area contributed by atoms with E-state index in [1.807, 2.05) is 44.9 Å². The van der Waals surface area contributed by atoms with Gasteiger partial charge >= 0.3 is 0 Å². The van der Waals surface area contributed by atoms with E-state index in [4.69, 9.17) is 9.47 Å². The minimum absolute atomic E-state index is 0.0326. The summed E-state index contributed by atoms with van der Waals surface area (Å²) in [6.07, 6.45) is 6.62. The molecule has 4 aliphatic heterocycles. The first kappa shape index (κ1) is 34.0. The fourth-order valence-electron chi connectivity index (χ4n) is 8.23. The van der Waals surface area contributed by atoms with Crippen molar-refractivity contribution >= 4 is 23.2 Å². The van der Waals surface area contributed by atoms with Crippen LogP contribution in [0.2, 0.25) is 0 Å². The molecule has 2 aromatic rings. The number of anilines is 2. The zero-order valence-electron chi connectivity index (χ0n) is 29.1. The van der Waals surface area contributed by atoms with Crippen molar-refractivity contribution < 1.29 is 23.5 Å². The number of halogens is 1. The average molecular weight is 657 g/mol. The Balaban J connectivity index is 1.44. The summed E-state index contributed by atoms with van der Waals surface area (Å²) < 4.78 is 28.4. The molecule has 2 N–H and O–H groups in total. The molecule has 48 heavy (non-hydrogen) atoms. The van der Waals surface area contributed by atoms with Crippen LogP contribution in [0.1, 0.15) is 81.3 Å². The van der Waals surface area contributed by atoms with Crippen LogP contribution in [-0.2, 0) is 19.7 Å². The number of fused-ring (bicyclic) bond motifs is 2. The molecule has 4 heterocycles. The normalized spacial score (nSPS) is 19.2. The van der Waals surface area contributed by atoms with Crippen molar-refractivity contribution in [3.63, 3.8) is 0 Å². The van der Waals surface area contributed by atoms with Crippen molar-refractivity contribution in [3.8, 4) is 11.1 Å². The lowest BCUT2D eigenvalue weighted by atomic mass is 9.75. The van der Waals surface area contributed by atoms with Crippen LogP contribution in [0.3, 0.4) is 0 Å². The predicted molar refractivity (Wildman–Crippen MR) is 189 cm³/mol. The minimum Gasteiger partial charge on any atom is -0.381 e. The van der Waals surface area contributed by atoms with Crippen LogP contribution in [0.5, 0.6) is 0 Å². The van der Waals surface area contributed by atoms with Crippen molar-refractivity contribution in [1.82, 2.24) is 10.6 Å². The number of ether oxygens (including phenoxy) is 2. The van der Waals surface area contributed by atoms with Gasteiger partial charge in [0.05, 0.1) is 5.56 Å². The van der Waals surface area contributed by atoms with Crippen LogP contribution < -0.4 is 20.4 Å². The Hall–Kier alpha value is -3.91. The summed E-state index contributed by atoms with van der Waals surface area (Å²) in [5.41, 5.74) is 7.79. The highest BCUT2D eigenvalue weighted by Gasteiger charge is 2.43. The van der Waals surface area contributed by atoms with Gasteiger partial charge in [0.25, 0.3) is 5.91 Å². The summed E-state index contributed by atoms with van der Waals surface area (Å²) in [4.78, 5) is 30.6. The van der Waals surface area contributed by atoms with E-state index in [1.54, 1.807) is 0 Å². The largest absolute Gasteiger partial charge is 0.381 e. The van der Waals surface area contributed by atoms with Crippen LogP contribution in [-0.4, -0.2) is 70.5 Å². The SMILES string of the molecule is CCCN1CC2(CCOCC2)c2ccc(-c3cc(N(CC)C4CCOCC4)c(C)c(C(=O)NCC4=C(C)C=C(C)NC4=C=O)c3F)cc21. The van der Waals surface area contributed by atoms with E-state index in [-0.39, 0.29) is 29.3 Å². The molecule has 1 spiro atoms. The van der Waals surface area contributed by atoms with Crippen LogP contribution in [0.25, 0.3) is 11.1 Å². The number of hydrogen-bond donors (Lipinski definition) is 2. The quantitative estimate of drug-likeness (QED) is 0.305. The second kappa shape index (κ2) is 14.3. The average Bonchev–Trinajstić information content (AvgIpc) is 3.37. The van der Waals surface area contributed by atoms with Crippen LogP contribution in [0.15, 0.2) is 52.9 Å². The summed E-state index contributed by atoms with van der Waals surface area (Å²) in [5, 5.41) is 5.97. The molecule has 256 valence electrons. The molecule has 0 saturated carbocycles. The van der Waals surface area contributed by atoms with Crippen LogP contribution in [0, 0.1) is 12.7 Å². The molecule has 0 atom stereocenters. The number of nitrogens with zero attached hydrogens (tertiary/aromatic N) is 2. The summed E-state index contributed by atoms with van der Waals surface area (Å²) in [7, 11) is 0. The van der Waals surface area contributed by atoms with Gasteiger partial charge in [-0.25, -0.2) is 9.18 Å². The standard InChI is InChI=1S/C39H49FN4O4/c1-6-14-43-24-39(12-17-48-18-13-39)32-9-8-28(20-35(32)43)30-21-34(44(7-2)29-10-15-47-16-11-29)27(5)36(37(30)40)38(46)41-22-31-25(3)19-26(4)42-33(31)23-45/h8-9,19-21,29,42H,6-7,10-18,22,24H2,1-5H3,(H,41,46). The summed E-state index contributed by atoms with van der Waals surface area (Å²) in [6, 6.07) is 8.53. The molecule has 9 heteroatoms. The molecule has 0 aliphatic carbocycles. The van der Waals surface area contributed by atoms with Crippen molar-refractivity contribution in [1.29, 1.82) is 0 Å². The molecule has 0 aromatic heterocycles. The third-order valence-corrected chi connectivity index (χ3v) is 10.7. The maximum absolute atomic E-state index is 17.0. The van der Waals surface area contributed by atoms with E-state index >= 15 is 4.39 Å². The second-order valence-corrected chi connectivity index (χ2v) is 13.7. The van der Waals surface area contributed by atoms with E-state index in [2.05, 4.69) is 46.4 Å². The zero-order chi connectivity index (χ0) is 34.0. The number of dihydropyridines is 1. The first-order valence-electron chi connectivity index (χ1n) is 17.5. The highest BCUT2D eigenvalue weighted by Crippen LogP contribution is 2.48. The molecule has 0 radical (unpaired) electrons. The van der Waals surface area contributed by atoms with Gasteiger partial charge in [-0.2, -0.15) is 0 Å². The van der Waals surface area contributed by atoms with Crippen LogP contribution in [0.4, 0.5) is 15.8 Å². The van der Waals surface area contributed by atoms with Gasteiger partial charge in [0.15, 0.2) is 5.94 Å². The van der Waals surface area contributed by atoms with Gasteiger partial charge in [0.2, 0.25) is 0 Å². The molecule has 4 aliphatic rings. The first-order chi connectivity index (χ1) is 23.2. The third-order valence-electron chi connectivity index (χ3n) is 10.7. The Labute approximate surface area is 284 Å². The van der Waals surface area contributed by atoms with Crippen molar-refractivity contribution in [2.24, 2.45) is 0 Å². The zero-order valence-corrected chi connectivity index (χ0v) is 29.1. The monoisotopic (exact) mass is 656 g/mol. The van der Waals surface area contributed by atoms with Crippen molar-refractivity contribution in [2.45, 2.75) is 78.2 Å². The van der Waals surface area contributed by atoms with E-state index in [0.29, 0.717) is 36.5 Å². The van der Waals surface area contributed by atoms with Gasteiger partial charge in [-0.1, -0.05) is 19.1 Å². The maximum atomic E-state index is 17.0. The molecule has 6 rings (SSSR count). The Morgan fingerprint density at radius 3 is 2.52 bits per heavy atom. The molecular formula is C39H49FN4O4. The summed E-state index contributed by atoms with van der Waals surface area (Å²) >= 11 is 0. The fraction of sp³-hybridized carbons (Fsp3) is 0.513. The highest BCUT2D eigenvalue weighted by molar-refractivity contribution is 6.00. The van der Waals surface area contributed by atoms with Gasteiger partial charge in [-0.05, 0) is 100 Å². The summed E-state index contributed by atoms with van der Waals surface area (Å²) in [5.74, 6) is 0.911. The van der Waals surface area contributed by atoms with E-state index < -0.39 is 11.7 Å². The topological polar surface area (TPSA) is 83.1 Å². The first-order valence-corrected chi connectivity index (χ1v) is 17.5. The number of amides is 1. The number of allylic oxidation sites excluding steroid dienone is 3. The Morgan fingerprint density at radius 2 is 1.83 bits per heavy atom. The molecular weight excluding hydrogens is 607 g/mol. The lowest BCUT2D eigenvalue weighted by Gasteiger charge is -2.37. The third kappa shape index (κ3) is 6.31. The molecule has 2 saturated heterocycles. The van der Waals surface area contributed by atoms with Gasteiger partial charge in [0.1, 0.15) is 11.5 Å². The summed E-state index contributed by atoms with van der Waals surface area (Å²) in [6.45, 7) is 15.4. The highest BCUT2D eigenvalue weighted by atomic mass is 19.1. The lowest BCUT2D eigenvalue weighted by molar-refractivity contribution is 0.0553. The Kier molecular flexibility index (Phi) is 10.1. The smallest absolute Gasteiger partial charge is 0.254 e. The van der Waals surface area contributed by atoms with Crippen molar-refractivity contribution in [2.75, 3.05) is 62.4 Å². The van der Waals surface area contributed by atoms with E-state index in [1.165, 1.54) is 5.56 Å². The van der Waals surface area contributed by atoms with Crippen LogP contribution >= 0.6 is 0 Å². The van der Waals surface area contributed by atoms with Gasteiger partial charge in [-0.15, -0.1) is 0 Å². The predicted octanol–water partition coefficient (Wildman–Crippen LogP) is 6.35.